The van der Waals surface area contributed by atoms with Crippen molar-refractivity contribution in [2.75, 3.05) is 7.11 Å². The van der Waals surface area contributed by atoms with Crippen molar-refractivity contribution in [2.45, 2.75) is 6.92 Å². The van der Waals surface area contributed by atoms with E-state index in [1.165, 1.54) is 0 Å². The summed E-state index contributed by atoms with van der Waals surface area (Å²) in [5, 5.41) is 1.73. The van der Waals surface area contributed by atoms with E-state index in [1.807, 2.05) is 73.7 Å². The van der Waals surface area contributed by atoms with Crippen LogP contribution < -0.4 is 10.3 Å². The number of aryl methyl sites for hydroxylation is 1. The zero-order valence-corrected chi connectivity index (χ0v) is 19.8. The Kier molecular flexibility index (Phi) is 5.30. The average Bonchev–Trinajstić information content (AvgIpc) is 3.13. The molecule has 0 saturated carbocycles. The number of H-pyrrole nitrogens is 1. The van der Waals surface area contributed by atoms with Gasteiger partial charge >= 0.3 is 0 Å². The zero-order valence-electron chi connectivity index (χ0n) is 17.6. The smallest absolute Gasteiger partial charge is 0.266 e. The molecule has 0 spiro atoms. The summed E-state index contributed by atoms with van der Waals surface area (Å²) in [6.07, 6.45) is 3.93. The van der Waals surface area contributed by atoms with Crippen LogP contribution in [0.25, 0.3) is 39.6 Å². The number of ether oxygens (including phenoxy) is 1. The second-order valence-corrected chi connectivity index (χ2v) is 8.76. The maximum absolute atomic E-state index is 13.5. The zero-order chi connectivity index (χ0) is 22.2. The normalized spacial score (nSPS) is 11.6. The Morgan fingerprint density at radius 1 is 1.00 bits per heavy atom. The van der Waals surface area contributed by atoms with Gasteiger partial charge in [-0.25, -0.2) is 4.98 Å². The number of aromatic amines is 1. The lowest BCUT2D eigenvalue weighted by Gasteiger charge is -2.12. The summed E-state index contributed by atoms with van der Waals surface area (Å²) >= 11 is 2.21. The fourth-order valence-electron chi connectivity index (χ4n) is 3.94. The summed E-state index contributed by atoms with van der Waals surface area (Å²) in [6, 6.07) is 21.4. The van der Waals surface area contributed by atoms with Crippen molar-refractivity contribution < 1.29 is 4.74 Å². The number of nitrogens with one attached hydrogen (secondary N) is 1. The Morgan fingerprint density at radius 2 is 1.78 bits per heavy atom. The maximum Gasteiger partial charge on any atom is 0.266 e. The molecule has 6 heteroatoms. The fourth-order valence-corrected chi connectivity index (χ4v) is 4.43. The van der Waals surface area contributed by atoms with Crippen molar-refractivity contribution >= 4 is 56.5 Å². The van der Waals surface area contributed by atoms with Crippen LogP contribution >= 0.6 is 22.6 Å². The minimum absolute atomic E-state index is 0.103. The van der Waals surface area contributed by atoms with Gasteiger partial charge in [0.1, 0.15) is 11.6 Å². The van der Waals surface area contributed by atoms with E-state index in [0.717, 1.165) is 37.2 Å². The van der Waals surface area contributed by atoms with E-state index in [2.05, 4.69) is 39.7 Å². The lowest BCUT2D eigenvalue weighted by molar-refractivity contribution is 0.414. The minimum atomic E-state index is -0.103. The van der Waals surface area contributed by atoms with E-state index < -0.39 is 0 Å². The summed E-state index contributed by atoms with van der Waals surface area (Å²) in [7, 11) is 1.62. The van der Waals surface area contributed by atoms with Gasteiger partial charge in [-0.05, 0) is 90.2 Å². The first-order valence-electron chi connectivity index (χ1n) is 10.2. The lowest BCUT2D eigenvalue weighted by Crippen LogP contribution is -2.22. The van der Waals surface area contributed by atoms with Crippen LogP contribution in [0.4, 0.5) is 0 Å². The van der Waals surface area contributed by atoms with Gasteiger partial charge in [0.15, 0.2) is 0 Å². The molecule has 5 aromatic rings. The molecule has 0 atom stereocenters. The minimum Gasteiger partial charge on any atom is -0.497 e. The predicted octanol–water partition coefficient (Wildman–Crippen LogP) is 5.96. The number of rotatable bonds is 4. The molecule has 0 fully saturated rings. The van der Waals surface area contributed by atoms with E-state index in [1.54, 1.807) is 11.7 Å². The van der Waals surface area contributed by atoms with Gasteiger partial charge in [-0.1, -0.05) is 18.2 Å². The molecule has 158 valence electrons. The molecule has 5 rings (SSSR count). The molecule has 0 aliphatic carbocycles. The van der Waals surface area contributed by atoms with Gasteiger partial charge in [0.05, 0.1) is 23.7 Å². The van der Waals surface area contributed by atoms with E-state index in [-0.39, 0.29) is 5.56 Å². The van der Waals surface area contributed by atoms with Crippen molar-refractivity contribution in [3.05, 3.63) is 97.7 Å². The topological polar surface area (TPSA) is 59.9 Å². The van der Waals surface area contributed by atoms with Gasteiger partial charge in [-0.2, -0.15) is 0 Å². The van der Waals surface area contributed by atoms with E-state index in [0.29, 0.717) is 16.7 Å². The van der Waals surface area contributed by atoms with Crippen molar-refractivity contribution in [2.24, 2.45) is 0 Å². The van der Waals surface area contributed by atoms with Crippen LogP contribution in [0.3, 0.4) is 0 Å². The van der Waals surface area contributed by atoms with Crippen LogP contribution in [0.2, 0.25) is 0 Å². The molecule has 0 aliphatic heterocycles. The monoisotopic (exact) mass is 533 g/mol. The van der Waals surface area contributed by atoms with Crippen LogP contribution in [-0.4, -0.2) is 21.6 Å². The fraction of sp³-hybridized carbons (Fsp3) is 0.0769. The van der Waals surface area contributed by atoms with E-state index >= 15 is 0 Å². The SMILES string of the molecule is COc1ccc(-n2c(/C=C/c3c(C)[nH]c4ccccc34)nc3ccc(I)cc3c2=O)cc1. The number of nitrogens with zero attached hydrogens (tertiary/aromatic N) is 2. The first-order valence-corrected chi connectivity index (χ1v) is 11.2. The summed E-state index contributed by atoms with van der Waals surface area (Å²) in [4.78, 5) is 21.8. The quantitative estimate of drug-likeness (QED) is 0.290. The van der Waals surface area contributed by atoms with Crippen molar-refractivity contribution in [1.82, 2.24) is 14.5 Å². The summed E-state index contributed by atoms with van der Waals surface area (Å²) < 4.78 is 7.93. The predicted molar refractivity (Wildman–Crippen MR) is 139 cm³/mol. The molecule has 2 aromatic heterocycles. The Balaban J connectivity index is 1.73. The molecule has 2 heterocycles. The molecular weight excluding hydrogens is 513 g/mol. The number of methoxy groups -OCH3 is 1. The largest absolute Gasteiger partial charge is 0.497 e. The van der Waals surface area contributed by atoms with Crippen LogP contribution in [0.5, 0.6) is 5.75 Å². The highest BCUT2D eigenvalue weighted by atomic mass is 127. The van der Waals surface area contributed by atoms with E-state index in [4.69, 9.17) is 9.72 Å². The first kappa shape index (κ1) is 20.5. The van der Waals surface area contributed by atoms with Gasteiger partial charge < -0.3 is 9.72 Å². The van der Waals surface area contributed by atoms with Gasteiger partial charge in [-0.3, -0.25) is 9.36 Å². The number of benzene rings is 3. The van der Waals surface area contributed by atoms with Gasteiger partial charge in [0.25, 0.3) is 5.56 Å². The highest BCUT2D eigenvalue weighted by Gasteiger charge is 2.13. The lowest BCUT2D eigenvalue weighted by atomic mass is 10.1. The molecule has 5 nitrogen and oxygen atoms in total. The van der Waals surface area contributed by atoms with Crippen molar-refractivity contribution in [3.8, 4) is 11.4 Å². The number of hydrogen-bond acceptors (Lipinski definition) is 3. The molecule has 1 N–H and O–H groups in total. The third kappa shape index (κ3) is 3.60. The number of halogens is 1. The summed E-state index contributed by atoms with van der Waals surface area (Å²) in [5.74, 6) is 1.30. The van der Waals surface area contributed by atoms with Crippen LogP contribution in [0.15, 0.2) is 71.5 Å². The molecule has 32 heavy (non-hydrogen) atoms. The Morgan fingerprint density at radius 3 is 2.56 bits per heavy atom. The molecule has 0 radical (unpaired) electrons. The third-order valence-electron chi connectivity index (χ3n) is 5.53. The van der Waals surface area contributed by atoms with Gasteiger partial charge in [-0.15, -0.1) is 0 Å². The third-order valence-corrected chi connectivity index (χ3v) is 6.20. The molecule has 0 aliphatic rings. The Hall–Kier alpha value is -3.39. The number of aromatic nitrogens is 3. The summed E-state index contributed by atoms with van der Waals surface area (Å²) in [5.41, 5.74) is 4.54. The van der Waals surface area contributed by atoms with Crippen molar-refractivity contribution in [1.29, 1.82) is 0 Å². The maximum atomic E-state index is 13.5. The number of fused-ring (bicyclic) bond motifs is 2. The number of hydrogen-bond donors (Lipinski definition) is 1. The second kappa shape index (κ2) is 8.27. The first-order chi connectivity index (χ1) is 15.5. The molecule has 3 aromatic carbocycles. The molecule has 0 unspecified atom stereocenters. The van der Waals surface area contributed by atoms with Crippen molar-refractivity contribution in [3.63, 3.8) is 0 Å². The molecule has 0 bridgehead atoms. The molecule has 0 amide bonds. The standard InChI is InChI=1S/C26H20IN3O2/c1-16-20(21-5-3-4-6-23(21)28-16)12-14-25-29-24-13-7-17(27)15-22(24)26(31)30(25)18-8-10-19(32-2)11-9-18/h3-15,28H,1-2H3/b14-12+. The Bertz CT molecular complexity index is 1550. The van der Waals surface area contributed by atoms with Crippen LogP contribution in [-0.2, 0) is 0 Å². The molecular formula is C26H20IN3O2. The highest BCUT2D eigenvalue weighted by Crippen LogP contribution is 2.25. The van der Waals surface area contributed by atoms with Crippen LogP contribution in [0, 0.1) is 10.5 Å². The molecule has 0 saturated heterocycles. The van der Waals surface area contributed by atoms with Gasteiger partial charge in [0.2, 0.25) is 0 Å². The summed E-state index contributed by atoms with van der Waals surface area (Å²) in [6.45, 7) is 2.05. The number of para-hydroxylation sites is 1. The Labute approximate surface area is 198 Å². The van der Waals surface area contributed by atoms with E-state index in [9.17, 15) is 4.79 Å². The average molecular weight is 533 g/mol. The van der Waals surface area contributed by atoms with Gasteiger partial charge in [0, 0.05) is 25.7 Å². The second-order valence-electron chi connectivity index (χ2n) is 7.51. The van der Waals surface area contributed by atoms with Crippen LogP contribution in [0.1, 0.15) is 17.1 Å². The highest BCUT2D eigenvalue weighted by molar-refractivity contribution is 14.1.